The Morgan fingerprint density at radius 3 is 2.53 bits per heavy atom. The highest BCUT2D eigenvalue weighted by Crippen LogP contribution is 2.29. The number of aromatic nitrogens is 4. The number of piperidine rings is 1. The van der Waals surface area contributed by atoms with Crippen molar-refractivity contribution in [1.29, 1.82) is 0 Å². The molecule has 1 aliphatic rings. The summed E-state index contributed by atoms with van der Waals surface area (Å²) < 4.78 is 28.5. The first-order valence-electron chi connectivity index (χ1n) is 9.75. The molecule has 0 saturated carbocycles. The number of carbonyl (C=O) groups is 1. The normalized spacial score (nSPS) is 16.3. The zero-order chi connectivity index (χ0) is 20.9. The minimum atomic E-state index is -2.69. The molecule has 1 fully saturated rings. The Labute approximate surface area is 171 Å². The van der Waals surface area contributed by atoms with Crippen LogP contribution >= 0.6 is 0 Å². The number of amides is 1. The Kier molecular flexibility index (Phi) is 4.23. The number of nitrogens with zero attached hydrogens (tertiary/aromatic N) is 5. The lowest BCUT2D eigenvalue weighted by Gasteiger charge is -2.31. The van der Waals surface area contributed by atoms with Gasteiger partial charge in [-0.2, -0.15) is 5.10 Å². The van der Waals surface area contributed by atoms with Gasteiger partial charge in [-0.3, -0.25) is 14.5 Å². The average molecular weight is 407 g/mol. The van der Waals surface area contributed by atoms with E-state index in [-0.39, 0.29) is 37.5 Å². The number of benzene rings is 1. The summed E-state index contributed by atoms with van der Waals surface area (Å²) in [6, 6.07) is 9.66. The Morgan fingerprint density at radius 2 is 1.73 bits per heavy atom. The molecule has 0 aliphatic carbocycles. The van der Waals surface area contributed by atoms with Crippen LogP contribution in [-0.4, -0.2) is 49.6 Å². The van der Waals surface area contributed by atoms with Crippen molar-refractivity contribution in [3.8, 4) is 11.1 Å². The Balaban J connectivity index is 1.47. The van der Waals surface area contributed by atoms with Crippen LogP contribution in [0.5, 0.6) is 0 Å². The average Bonchev–Trinajstić information content (AvgIpc) is 3.11. The smallest absolute Gasteiger partial charge is 0.272 e. The van der Waals surface area contributed by atoms with Crippen LogP contribution in [0.25, 0.3) is 32.9 Å². The third kappa shape index (κ3) is 3.38. The van der Waals surface area contributed by atoms with Gasteiger partial charge in [0.25, 0.3) is 11.8 Å². The third-order valence-electron chi connectivity index (χ3n) is 5.53. The second-order valence-electron chi connectivity index (χ2n) is 7.72. The lowest BCUT2D eigenvalue weighted by atomic mass is 10.0. The molecule has 4 aromatic rings. The molecule has 0 N–H and O–H groups in total. The summed E-state index contributed by atoms with van der Waals surface area (Å²) in [5, 5.41) is 7.00. The molecule has 5 rings (SSSR count). The van der Waals surface area contributed by atoms with Gasteiger partial charge in [-0.05, 0) is 29.1 Å². The van der Waals surface area contributed by atoms with Gasteiger partial charge in [0.2, 0.25) is 0 Å². The molecule has 0 bridgehead atoms. The van der Waals surface area contributed by atoms with Crippen LogP contribution in [0, 0.1) is 0 Å². The van der Waals surface area contributed by atoms with Gasteiger partial charge in [0.05, 0.1) is 0 Å². The maximum atomic E-state index is 13.4. The first kappa shape index (κ1) is 18.6. The maximum Gasteiger partial charge on any atom is 0.272 e. The minimum Gasteiger partial charge on any atom is -0.337 e. The van der Waals surface area contributed by atoms with Crippen LogP contribution in [0.2, 0.25) is 0 Å². The number of aryl methyl sites for hydroxylation is 1. The number of carbonyl (C=O) groups excluding carboxylic acids is 1. The number of hydrogen-bond acceptors (Lipinski definition) is 4. The quantitative estimate of drug-likeness (QED) is 0.503. The fraction of sp³-hybridized carbons (Fsp3) is 0.273. The van der Waals surface area contributed by atoms with Crippen molar-refractivity contribution in [3.05, 3.63) is 54.6 Å². The fourth-order valence-electron chi connectivity index (χ4n) is 3.83. The predicted molar refractivity (Wildman–Crippen MR) is 109 cm³/mol. The molecular weight excluding hydrogens is 388 g/mol. The standard InChI is InChI=1S/C22H19F2N5O/c1-28-13-18-9-17(12-26-20(18)27-28)14-2-3-15-11-25-19(10-16(15)8-14)21(30)29-6-4-22(23,24)5-7-29/h2-3,8-13H,4-7H2,1H3. The van der Waals surface area contributed by atoms with E-state index in [4.69, 9.17) is 0 Å². The lowest BCUT2D eigenvalue weighted by Crippen LogP contribution is -2.42. The summed E-state index contributed by atoms with van der Waals surface area (Å²) in [5.41, 5.74) is 2.86. The second-order valence-corrected chi connectivity index (χ2v) is 7.72. The van der Waals surface area contributed by atoms with E-state index in [0.29, 0.717) is 5.65 Å². The molecule has 0 spiro atoms. The van der Waals surface area contributed by atoms with E-state index in [2.05, 4.69) is 15.1 Å². The number of pyridine rings is 2. The molecule has 0 unspecified atom stereocenters. The summed E-state index contributed by atoms with van der Waals surface area (Å²) in [6.07, 6.45) is 4.72. The lowest BCUT2D eigenvalue weighted by molar-refractivity contribution is -0.0495. The fourth-order valence-corrected chi connectivity index (χ4v) is 3.83. The molecule has 6 nitrogen and oxygen atoms in total. The van der Waals surface area contributed by atoms with E-state index >= 15 is 0 Å². The summed E-state index contributed by atoms with van der Waals surface area (Å²) in [7, 11) is 1.85. The van der Waals surface area contributed by atoms with Crippen LogP contribution in [0.4, 0.5) is 8.78 Å². The van der Waals surface area contributed by atoms with E-state index in [1.807, 2.05) is 37.5 Å². The Hall–Kier alpha value is -3.42. The van der Waals surface area contributed by atoms with Crippen LogP contribution in [0.1, 0.15) is 23.3 Å². The van der Waals surface area contributed by atoms with Gasteiger partial charge in [-0.25, -0.2) is 13.8 Å². The van der Waals surface area contributed by atoms with Crippen molar-refractivity contribution in [3.63, 3.8) is 0 Å². The molecule has 30 heavy (non-hydrogen) atoms. The van der Waals surface area contributed by atoms with Crippen LogP contribution in [0.3, 0.4) is 0 Å². The Bertz CT molecular complexity index is 1270. The van der Waals surface area contributed by atoms with Gasteiger partial charge in [0.15, 0.2) is 5.65 Å². The van der Waals surface area contributed by atoms with Gasteiger partial charge in [0, 0.05) is 67.9 Å². The number of rotatable bonds is 2. The van der Waals surface area contributed by atoms with Crippen LogP contribution in [0.15, 0.2) is 48.9 Å². The van der Waals surface area contributed by atoms with Crippen molar-refractivity contribution in [2.24, 2.45) is 7.05 Å². The maximum absolute atomic E-state index is 13.4. The summed E-state index contributed by atoms with van der Waals surface area (Å²) in [5.74, 6) is -3.00. The molecule has 1 aliphatic heterocycles. The highest BCUT2D eigenvalue weighted by molar-refractivity contribution is 5.97. The number of fused-ring (bicyclic) bond motifs is 2. The first-order chi connectivity index (χ1) is 14.4. The Morgan fingerprint density at radius 1 is 0.967 bits per heavy atom. The highest BCUT2D eigenvalue weighted by atomic mass is 19.3. The summed E-state index contributed by atoms with van der Waals surface area (Å²) in [4.78, 5) is 22.9. The van der Waals surface area contributed by atoms with Gasteiger partial charge in [-0.1, -0.05) is 12.1 Å². The van der Waals surface area contributed by atoms with Crippen molar-refractivity contribution in [2.45, 2.75) is 18.8 Å². The van der Waals surface area contributed by atoms with E-state index in [1.165, 1.54) is 4.90 Å². The summed E-state index contributed by atoms with van der Waals surface area (Å²) >= 11 is 0. The van der Waals surface area contributed by atoms with E-state index < -0.39 is 5.92 Å². The first-order valence-corrected chi connectivity index (χ1v) is 9.75. The van der Waals surface area contributed by atoms with Gasteiger partial charge in [-0.15, -0.1) is 0 Å². The van der Waals surface area contributed by atoms with Crippen molar-refractivity contribution >= 4 is 27.7 Å². The van der Waals surface area contributed by atoms with Crippen LogP contribution < -0.4 is 0 Å². The topological polar surface area (TPSA) is 63.9 Å². The molecule has 1 amide bonds. The largest absolute Gasteiger partial charge is 0.337 e. The molecule has 0 radical (unpaired) electrons. The second kappa shape index (κ2) is 6.83. The molecule has 8 heteroatoms. The van der Waals surface area contributed by atoms with Gasteiger partial charge < -0.3 is 4.90 Å². The third-order valence-corrected chi connectivity index (χ3v) is 5.53. The molecule has 0 atom stereocenters. The molecule has 4 heterocycles. The van der Waals surface area contributed by atoms with Crippen molar-refractivity contribution in [1.82, 2.24) is 24.6 Å². The van der Waals surface area contributed by atoms with Crippen LogP contribution in [-0.2, 0) is 7.05 Å². The van der Waals surface area contributed by atoms with E-state index in [1.54, 1.807) is 23.1 Å². The highest BCUT2D eigenvalue weighted by Gasteiger charge is 2.36. The molecule has 1 saturated heterocycles. The molecule has 3 aromatic heterocycles. The van der Waals surface area contributed by atoms with Crippen molar-refractivity contribution < 1.29 is 13.6 Å². The zero-order valence-corrected chi connectivity index (χ0v) is 16.3. The molecule has 152 valence electrons. The molecular formula is C22H19F2N5O. The number of alkyl halides is 2. The number of likely N-dealkylation sites (tertiary alicyclic amines) is 1. The SMILES string of the molecule is Cn1cc2cc(-c3ccc4cnc(C(=O)N5CCC(F)(F)CC5)cc4c3)cnc2n1. The van der Waals surface area contributed by atoms with Gasteiger partial charge >= 0.3 is 0 Å². The number of hydrogen-bond donors (Lipinski definition) is 0. The van der Waals surface area contributed by atoms with E-state index in [0.717, 1.165) is 27.3 Å². The molecule has 1 aromatic carbocycles. The summed E-state index contributed by atoms with van der Waals surface area (Å²) in [6.45, 7) is 0.0881. The zero-order valence-electron chi connectivity index (χ0n) is 16.3. The van der Waals surface area contributed by atoms with E-state index in [9.17, 15) is 13.6 Å². The monoisotopic (exact) mass is 407 g/mol. The predicted octanol–water partition coefficient (Wildman–Crippen LogP) is 4.05. The van der Waals surface area contributed by atoms with Gasteiger partial charge in [0.1, 0.15) is 5.69 Å². The van der Waals surface area contributed by atoms with Crippen molar-refractivity contribution in [2.75, 3.05) is 13.1 Å². The minimum absolute atomic E-state index is 0.0440. The number of halogens is 2.